The summed E-state index contributed by atoms with van der Waals surface area (Å²) >= 11 is 0. The predicted octanol–water partition coefficient (Wildman–Crippen LogP) is 1.30. The zero-order valence-corrected chi connectivity index (χ0v) is 7.31. The Morgan fingerprint density at radius 1 is 1.57 bits per heavy atom. The number of nitrogens with zero attached hydrogens (tertiary/aromatic N) is 1. The number of ether oxygens (including phenoxy) is 1. The van der Waals surface area contributed by atoms with Crippen molar-refractivity contribution in [3.63, 3.8) is 0 Å². The van der Waals surface area contributed by atoms with Crippen LogP contribution in [0, 0.1) is 10.1 Å². The number of nitro benzene ring substituents is 1. The molecule has 0 heterocycles. The molecule has 1 N–H and O–H groups in total. The third-order valence-electron chi connectivity index (χ3n) is 1.62. The highest BCUT2D eigenvalue weighted by molar-refractivity contribution is 5.90. The summed E-state index contributed by atoms with van der Waals surface area (Å²) in [7, 11) is 1.18. The van der Waals surface area contributed by atoms with E-state index in [1.54, 1.807) is 0 Å². The quantitative estimate of drug-likeness (QED) is 0.403. The molecule has 0 aliphatic heterocycles. The monoisotopic (exact) mass is 195 g/mol. The molecule has 0 saturated carbocycles. The minimum absolute atomic E-state index is 0.0650. The summed E-state index contributed by atoms with van der Waals surface area (Å²) in [5.41, 5.74) is 6.62. The fraction of sp³-hybridized carbons (Fsp3) is 0.125. The van der Waals surface area contributed by atoms with E-state index in [-0.39, 0.29) is 11.3 Å². The first-order valence-corrected chi connectivity index (χ1v) is 3.64. The first kappa shape index (κ1) is 9.97. The molecule has 0 aromatic heterocycles. The highest BCUT2D eigenvalue weighted by atomic mass is 16.6. The molecule has 0 unspecified atom stereocenters. The maximum Gasteiger partial charge on any atom is 0.338 e. The van der Waals surface area contributed by atoms with Gasteiger partial charge in [-0.25, -0.2) is 4.79 Å². The number of nitrogens with one attached hydrogen (secondary N) is 1. The summed E-state index contributed by atoms with van der Waals surface area (Å²) in [5, 5.41) is 10.4. The molecule has 6 heteroatoms. The molecule has 1 aromatic carbocycles. The van der Waals surface area contributed by atoms with E-state index in [1.807, 2.05) is 0 Å². The van der Waals surface area contributed by atoms with Crippen LogP contribution in [-0.2, 0) is 4.74 Å². The van der Waals surface area contributed by atoms with Crippen LogP contribution >= 0.6 is 0 Å². The lowest BCUT2D eigenvalue weighted by Gasteiger charge is -1.99. The first-order valence-electron chi connectivity index (χ1n) is 3.64. The topological polar surface area (TPSA) is 93.2 Å². The first-order chi connectivity index (χ1) is 6.56. The Labute approximate surface area is 79.4 Å². The Bertz CT molecular complexity index is 389. The standard InChI is InChI=1S/C8H7N2O4/c1-14-8(11)5-2-3-6(9)7(4-5)10(12)13/h2-4,9H,1H3. The molecule has 73 valence electrons. The molecule has 14 heavy (non-hydrogen) atoms. The second-order valence-corrected chi connectivity index (χ2v) is 2.48. The lowest BCUT2D eigenvalue weighted by Crippen LogP contribution is -2.02. The summed E-state index contributed by atoms with van der Waals surface area (Å²) in [4.78, 5) is 20.7. The SMILES string of the molecule is COC(=O)c1ccc([NH])c([N+](=O)[O-])c1. The van der Waals surface area contributed by atoms with Crippen LogP contribution < -0.4 is 5.73 Å². The van der Waals surface area contributed by atoms with Gasteiger partial charge in [0, 0.05) is 6.07 Å². The maximum absolute atomic E-state index is 11.0. The van der Waals surface area contributed by atoms with Crippen LogP contribution in [-0.4, -0.2) is 18.0 Å². The summed E-state index contributed by atoms with van der Waals surface area (Å²) in [5.74, 6) is -0.659. The predicted molar refractivity (Wildman–Crippen MR) is 47.2 cm³/mol. The van der Waals surface area contributed by atoms with Gasteiger partial charge >= 0.3 is 5.97 Å². The van der Waals surface area contributed by atoms with Gasteiger partial charge < -0.3 is 4.74 Å². The number of esters is 1. The van der Waals surface area contributed by atoms with Crippen LogP contribution in [0.5, 0.6) is 0 Å². The Balaban J connectivity index is 3.19. The van der Waals surface area contributed by atoms with Gasteiger partial charge in [-0.15, -0.1) is 0 Å². The van der Waals surface area contributed by atoms with Crippen LogP contribution in [0.15, 0.2) is 18.2 Å². The third kappa shape index (κ3) is 1.79. The summed E-state index contributed by atoms with van der Waals surface area (Å²) in [6, 6.07) is 3.51. The minimum atomic E-state index is -0.714. The number of hydrogen-bond donors (Lipinski definition) is 0. The molecule has 0 aliphatic carbocycles. The van der Waals surface area contributed by atoms with Gasteiger partial charge in [0.2, 0.25) is 0 Å². The lowest BCUT2D eigenvalue weighted by molar-refractivity contribution is -0.384. The number of nitro groups is 1. The van der Waals surface area contributed by atoms with Gasteiger partial charge in [-0.1, -0.05) is 0 Å². The van der Waals surface area contributed by atoms with Gasteiger partial charge in [0.25, 0.3) is 5.69 Å². The van der Waals surface area contributed by atoms with Crippen molar-refractivity contribution in [1.82, 2.24) is 5.73 Å². The molecule has 1 rings (SSSR count). The van der Waals surface area contributed by atoms with Crippen molar-refractivity contribution in [1.29, 1.82) is 0 Å². The van der Waals surface area contributed by atoms with E-state index in [9.17, 15) is 14.9 Å². The fourth-order valence-electron chi connectivity index (χ4n) is 0.928. The zero-order valence-electron chi connectivity index (χ0n) is 7.31. The molecule has 0 bridgehead atoms. The molecule has 1 aromatic rings. The van der Waals surface area contributed by atoms with Crippen molar-refractivity contribution in [2.75, 3.05) is 7.11 Å². The fourth-order valence-corrected chi connectivity index (χ4v) is 0.928. The highest BCUT2D eigenvalue weighted by Gasteiger charge is 2.15. The molecule has 1 radical (unpaired) electrons. The van der Waals surface area contributed by atoms with E-state index < -0.39 is 16.6 Å². The van der Waals surface area contributed by atoms with E-state index >= 15 is 0 Å². The van der Waals surface area contributed by atoms with Crippen LogP contribution in [0.2, 0.25) is 0 Å². The Morgan fingerprint density at radius 3 is 2.71 bits per heavy atom. The van der Waals surface area contributed by atoms with Crippen molar-refractivity contribution in [3.05, 3.63) is 33.9 Å². The molecular formula is C8H7N2O4. The summed E-state index contributed by atoms with van der Waals surface area (Å²) in [6.07, 6.45) is 0. The van der Waals surface area contributed by atoms with Crippen molar-refractivity contribution in [2.24, 2.45) is 0 Å². The van der Waals surface area contributed by atoms with Gasteiger partial charge in [-0.2, -0.15) is 0 Å². The van der Waals surface area contributed by atoms with Crippen molar-refractivity contribution in [3.8, 4) is 0 Å². The molecule has 6 nitrogen and oxygen atoms in total. The van der Waals surface area contributed by atoms with Crippen LogP contribution in [0.1, 0.15) is 10.4 Å². The summed E-state index contributed by atoms with van der Waals surface area (Å²) < 4.78 is 4.39. The van der Waals surface area contributed by atoms with Crippen molar-refractivity contribution >= 4 is 17.3 Å². The number of rotatable bonds is 2. The molecule has 0 spiro atoms. The van der Waals surface area contributed by atoms with Crippen LogP contribution in [0.3, 0.4) is 0 Å². The normalized spacial score (nSPS) is 9.50. The average molecular weight is 195 g/mol. The molecule has 0 amide bonds. The second-order valence-electron chi connectivity index (χ2n) is 2.48. The van der Waals surface area contributed by atoms with E-state index in [1.165, 1.54) is 19.2 Å². The van der Waals surface area contributed by atoms with Gasteiger partial charge in [0.15, 0.2) is 0 Å². The number of carbonyl (C=O) groups is 1. The number of carbonyl (C=O) groups excluding carboxylic acids is 1. The highest BCUT2D eigenvalue weighted by Crippen LogP contribution is 2.23. The zero-order chi connectivity index (χ0) is 10.7. The number of methoxy groups -OCH3 is 1. The van der Waals surface area contributed by atoms with Crippen molar-refractivity contribution < 1.29 is 14.5 Å². The Kier molecular flexibility index (Phi) is 2.66. The van der Waals surface area contributed by atoms with Crippen molar-refractivity contribution in [2.45, 2.75) is 0 Å². The largest absolute Gasteiger partial charge is 0.465 e. The lowest BCUT2D eigenvalue weighted by atomic mass is 10.2. The average Bonchev–Trinajstić information content (AvgIpc) is 2.17. The maximum atomic E-state index is 11.0. The Morgan fingerprint density at radius 2 is 2.21 bits per heavy atom. The van der Waals surface area contributed by atoms with E-state index in [0.717, 1.165) is 6.07 Å². The summed E-state index contributed by atoms with van der Waals surface area (Å²) in [6.45, 7) is 0. The minimum Gasteiger partial charge on any atom is -0.465 e. The third-order valence-corrected chi connectivity index (χ3v) is 1.62. The molecule has 0 atom stereocenters. The van der Waals surface area contributed by atoms with Gasteiger partial charge in [-0.3, -0.25) is 15.8 Å². The van der Waals surface area contributed by atoms with E-state index in [4.69, 9.17) is 5.73 Å². The molecular weight excluding hydrogens is 188 g/mol. The molecule has 0 aliphatic rings. The molecule has 0 fully saturated rings. The van der Waals surface area contributed by atoms with Crippen LogP contribution in [0.25, 0.3) is 0 Å². The van der Waals surface area contributed by atoms with Crippen LogP contribution in [0.4, 0.5) is 11.4 Å². The van der Waals surface area contributed by atoms with Gasteiger partial charge in [0.05, 0.1) is 17.6 Å². The van der Waals surface area contributed by atoms with Gasteiger partial charge in [-0.05, 0) is 12.1 Å². The number of hydrogen-bond acceptors (Lipinski definition) is 4. The smallest absolute Gasteiger partial charge is 0.338 e. The van der Waals surface area contributed by atoms with E-state index in [0.29, 0.717) is 0 Å². The number of benzene rings is 1. The second kappa shape index (κ2) is 3.73. The van der Waals surface area contributed by atoms with Gasteiger partial charge in [0.1, 0.15) is 5.69 Å². The molecule has 0 saturated heterocycles. The van der Waals surface area contributed by atoms with E-state index in [2.05, 4.69) is 4.74 Å². The Hall–Kier alpha value is -2.11.